The molecule has 6 nitrogen and oxygen atoms in total. The van der Waals surface area contributed by atoms with Crippen LogP contribution < -0.4 is 14.8 Å². The summed E-state index contributed by atoms with van der Waals surface area (Å²) in [5, 5.41) is 13.2. The number of methoxy groups -OCH3 is 2. The molecule has 0 aliphatic heterocycles. The van der Waals surface area contributed by atoms with E-state index >= 15 is 0 Å². The van der Waals surface area contributed by atoms with E-state index in [0.29, 0.717) is 30.2 Å². The Kier molecular flexibility index (Phi) is 7.36. The first-order valence-electron chi connectivity index (χ1n) is 10.3. The minimum Gasteiger partial charge on any atom is -0.493 e. The molecule has 0 unspecified atom stereocenters. The standard InChI is InChI=1S/C25H30N2O4/c1-17-21(15-26-13-12-19-10-11-22(30-3)23(14-19)31-4)24(25(28)29)18(2)27(17)16-20-8-6-5-7-9-20/h5-11,14,26H,12-13,15-16H2,1-4H3,(H,28,29). The zero-order valence-corrected chi connectivity index (χ0v) is 18.6. The number of hydrogen-bond donors (Lipinski definition) is 2. The molecule has 164 valence electrons. The Labute approximate surface area is 183 Å². The summed E-state index contributed by atoms with van der Waals surface area (Å²) in [6, 6.07) is 16.0. The van der Waals surface area contributed by atoms with Crippen LogP contribution in [0, 0.1) is 13.8 Å². The number of ether oxygens (including phenoxy) is 2. The normalized spacial score (nSPS) is 10.8. The number of carboxylic acid groups (broad SMARTS) is 1. The first-order chi connectivity index (χ1) is 15.0. The van der Waals surface area contributed by atoms with Crippen LogP contribution in [0.5, 0.6) is 11.5 Å². The highest BCUT2D eigenvalue weighted by Gasteiger charge is 2.22. The maximum atomic E-state index is 12.0. The van der Waals surface area contributed by atoms with Crippen molar-refractivity contribution in [2.75, 3.05) is 20.8 Å². The van der Waals surface area contributed by atoms with Crippen molar-refractivity contribution in [1.29, 1.82) is 0 Å². The zero-order chi connectivity index (χ0) is 22.4. The van der Waals surface area contributed by atoms with Gasteiger partial charge in [-0.1, -0.05) is 36.4 Å². The summed E-state index contributed by atoms with van der Waals surface area (Å²) in [6.45, 7) is 5.75. The number of hydrogen-bond acceptors (Lipinski definition) is 4. The van der Waals surface area contributed by atoms with Gasteiger partial charge >= 0.3 is 5.97 Å². The maximum Gasteiger partial charge on any atom is 0.337 e. The predicted molar refractivity (Wildman–Crippen MR) is 121 cm³/mol. The summed E-state index contributed by atoms with van der Waals surface area (Å²) in [5.41, 5.74) is 5.27. The average Bonchev–Trinajstić information content (AvgIpc) is 3.01. The van der Waals surface area contributed by atoms with Crippen LogP contribution in [0.4, 0.5) is 0 Å². The molecular formula is C25H30N2O4. The van der Waals surface area contributed by atoms with Crippen LogP contribution in [0.3, 0.4) is 0 Å². The highest BCUT2D eigenvalue weighted by Crippen LogP contribution is 2.28. The Hall–Kier alpha value is -3.25. The molecule has 0 spiro atoms. The highest BCUT2D eigenvalue weighted by molar-refractivity contribution is 5.91. The van der Waals surface area contributed by atoms with Crippen LogP contribution in [0.2, 0.25) is 0 Å². The summed E-state index contributed by atoms with van der Waals surface area (Å²) >= 11 is 0. The lowest BCUT2D eigenvalue weighted by atomic mass is 10.1. The largest absolute Gasteiger partial charge is 0.493 e. The van der Waals surface area contributed by atoms with E-state index in [1.807, 2.05) is 50.2 Å². The average molecular weight is 423 g/mol. The molecular weight excluding hydrogens is 392 g/mol. The van der Waals surface area contributed by atoms with E-state index in [1.165, 1.54) is 0 Å². The number of benzene rings is 2. The third-order valence-corrected chi connectivity index (χ3v) is 5.65. The van der Waals surface area contributed by atoms with Gasteiger partial charge in [-0.05, 0) is 50.1 Å². The van der Waals surface area contributed by atoms with E-state index in [0.717, 1.165) is 41.0 Å². The van der Waals surface area contributed by atoms with Crippen molar-refractivity contribution in [3.05, 3.63) is 82.2 Å². The second-order valence-corrected chi connectivity index (χ2v) is 7.52. The third kappa shape index (κ3) is 5.09. The quantitative estimate of drug-likeness (QED) is 0.479. The van der Waals surface area contributed by atoms with E-state index in [9.17, 15) is 9.90 Å². The fraction of sp³-hybridized carbons (Fsp3) is 0.320. The Morgan fingerprint density at radius 3 is 2.32 bits per heavy atom. The molecule has 0 aliphatic rings. The van der Waals surface area contributed by atoms with Gasteiger partial charge in [-0.3, -0.25) is 0 Å². The first kappa shape index (κ1) is 22.4. The van der Waals surface area contributed by atoms with E-state index in [-0.39, 0.29) is 0 Å². The number of nitrogens with zero attached hydrogens (tertiary/aromatic N) is 1. The fourth-order valence-corrected chi connectivity index (χ4v) is 3.93. The molecule has 0 bridgehead atoms. The number of carbonyl (C=O) groups is 1. The van der Waals surface area contributed by atoms with Crippen LogP contribution in [0.25, 0.3) is 0 Å². The van der Waals surface area contributed by atoms with Gasteiger partial charge in [0.2, 0.25) is 0 Å². The van der Waals surface area contributed by atoms with Crippen LogP contribution in [-0.4, -0.2) is 36.4 Å². The molecule has 2 N–H and O–H groups in total. The molecule has 0 amide bonds. The molecule has 0 saturated heterocycles. The smallest absolute Gasteiger partial charge is 0.337 e. The van der Waals surface area contributed by atoms with Gasteiger partial charge in [-0.2, -0.15) is 0 Å². The van der Waals surface area contributed by atoms with Gasteiger partial charge in [0.05, 0.1) is 19.8 Å². The van der Waals surface area contributed by atoms with Gasteiger partial charge in [0.15, 0.2) is 11.5 Å². The van der Waals surface area contributed by atoms with Crippen LogP contribution in [0.15, 0.2) is 48.5 Å². The van der Waals surface area contributed by atoms with Crippen LogP contribution in [0.1, 0.15) is 38.4 Å². The molecule has 6 heteroatoms. The second kappa shape index (κ2) is 10.2. The lowest BCUT2D eigenvalue weighted by Gasteiger charge is -2.11. The number of rotatable bonds is 10. The minimum absolute atomic E-state index is 0.395. The van der Waals surface area contributed by atoms with Crippen LogP contribution >= 0.6 is 0 Å². The van der Waals surface area contributed by atoms with Crippen molar-refractivity contribution >= 4 is 5.97 Å². The molecule has 0 radical (unpaired) electrons. The molecule has 3 rings (SSSR count). The van der Waals surface area contributed by atoms with Crippen LogP contribution in [-0.2, 0) is 19.5 Å². The van der Waals surface area contributed by atoms with Crippen molar-refractivity contribution in [2.45, 2.75) is 33.4 Å². The van der Waals surface area contributed by atoms with Gasteiger partial charge < -0.3 is 24.5 Å². The first-order valence-corrected chi connectivity index (χ1v) is 10.3. The van der Waals surface area contributed by atoms with Crippen molar-refractivity contribution in [3.63, 3.8) is 0 Å². The van der Waals surface area contributed by atoms with Crippen molar-refractivity contribution < 1.29 is 19.4 Å². The minimum atomic E-state index is -0.885. The zero-order valence-electron chi connectivity index (χ0n) is 18.6. The Morgan fingerprint density at radius 2 is 1.68 bits per heavy atom. The fourth-order valence-electron chi connectivity index (χ4n) is 3.93. The van der Waals surface area contributed by atoms with Gasteiger partial charge in [0.25, 0.3) is 0 Å². The summed E-state index contributed by atoms with van der Waals surface area (Å²) in [7, 11) is 3.24. The topological polar surface area (TPSA) is 72.7 Å². The Morgan fingerprint density at radius 1 is 0.968 bits per heavy atom. The summed E-state index contributed by atoms with van der Waals surface area (Å²) in [5.74, 6) is 0.526. The number of aromatic carboxylic acids is 1. The lowest BCUT2D eigenvalue weighted by Crippen LogP contribution is -2.18. The Balaban J connectivity index is 1.71. The summed E-state index contributed by atoms with van der Waals surface area (Å²) in [6.07, 6.45) is 0.797. The van der Waals surface area contributed by atoms with Gasteiger partial charge in [0.1, 0.15) is 0 Å². The lowest BCUT2D eigenvalue weighted by molar-refractivity contribution is 0.0694. The SMILES string of the molecule is COc1ccc(CCNCc2c(C(=O)O)c(C)n(Cc3ccccc3)c2C)cc1OC. The summed E-state index contributed by atoms with van der Waals surface area (Å²) in [4.78, 5) is 12.0. The second-order valence-electron chi connectivity index (χ2n) is 7.52. The molecule has 1 heterocycles. The molecule has 0 atom stereocenters. The summed E-state index contributed by atoms with van der Waals surface area (Å²) < 4.78 is 12.7. The number of nitrogens with one attached hydrogen (secondary N) is 1. The molecule has 0 fully saturated rings. The maximum absolute atomic E-state index is 12.0. The monoisotopic (exact) mass is 422 g/mol. The van der Waals surface area contributed by atoms with Crippen molar-refractivity contribution in [1.82, 2.24) is 9.88 Å². The van der Waals surface area contributed by atoms with E-state index in [2.05, 4.69) is 22.0 Å². The molecule has 0 saturated carbocycles. The number of carboxylic acids is 1. The van der Waals surface area contributed by atoms with E-state index in [1.54, 1.807) is 14.2 Å². The molecule has 2 aromatic carbocycles. The van der Waals surface area contributed by atoms with Gasteiger partial charge in [-0.25, -0.2) is 4.79 Å². The van der Waals surface area contributed by atoms with Gasteiger partial charge in [0, 0.05) is 30.0 Å². The number of aromatic nitrogens is 1. The van der Waals surface area contributed by atoms with Crippen molar-refractivity contribution in [3.8, 4) is 11.5 Å². The third-order valence-electron chi connectivity index (χ3n) is 5.65. The molecule has 1 aromatic heterocycles. The van der Waals surface area contributed by atoms with Crippen molar-refractivity contribution in [2.24, 2.45) is 0 Å². The van der Waals surface area contributed by atoms with E-state index < -0.39 is 5.97 Å². The molecule has 31 heavy (non-hydrogen) atoms. The van der Waals surface area contributed by atoms with Gasteiger partial charge in [-0.15, -0.1) is 0 Å². The molecule has 0 aliphatic carbocycles. The Bertz CT molecular complexity index is 1040. The molecule has 3 aromatic rings. The highest BCUT2D eigenvalue weighted by atomic mass is 16.5. The predicted octanol–water partition coefficient (Wildman–Crippen LogP) is 4.20. The van der Waals surface area contributed by atoms with E-state index in [4.69, 9.17) is 9.47 Å².